The lowest BCUT2D eigenvalue weighted by Crippen LogP contribution is -2.16. The third kappa shape index (κ3) is 4.84. The molecule has 7 nitrogen and oxygen atoms in total. The second kappa shape index (κ2) is 9.73. The van der Waals surface area contributed by atoms with Gasteiger partial charge in [-0.3, -0.25) is 9.48 Å². The molecule has 0 aliphatic rings. The van der Waals surface area contributed by atoms with E-state index in [2.05, 4.69) is 15.6 Å². The topological polar surface area (TPSA) is 82.2 Å². The van der Waals surface area contributed by atoms with E-state index in [1.807, 2.05) is 74.8 Å². The Balaban J connectivity index is 1.52. The standard InChI is InChI=1S/C26H27ClN4O3/c1-15-7-6-8-16(2)25(15)33-14-22-19(5)34-30-24(22)26(32)28-23-17(3)29-31(18(23)4)13-20-9-11-21(27)12-10-20/h6-12H,13-14H2,1-5H3,(H,28,32). The van der Waals surface area contributed by atoms with Crippen LogP contribution in [0.5, 0.6) is 5.75 Å². The first-order valence-corrected chi connectivity index (χ1v) is 11.4. The number of hydrogen-bond donors (Lipinski definition) is 1. The minimum Gasteiger partial charge on any atom is -0.488 e. The Kier molecular flexibility index (Phi) is 6.75. The summed E-state index contributed by atoms with van der Waals surface area (Å²) in [6.07, 6.45) is 0. The van der Waals surface area contributed by atoms with Crippen LogP contribution in [0.15, 0.2) is 47.0 Å². The Morgan fingerprint density at radius 3 is 2.41 bits per heavy atom. The number of amides is 1. The summed E-state index contributed by atoms with van der Waals surface area (Å²) < 4.78 is 13.2. The molecule has 0 aliphatic heterocycles. The fraction of sp³-hybridized carbons (Fsp3) is 0.269. The van der Waals surface area contributed by atoms with Crippen LogP contribution in [0, 0.1) is 34.6 Å². The summed E-state index contributed by atoms with van der Waals surface area (Å²) in [5.74, 6) is 0.974. The fourth-order valence-corrected chi connectivity index (χ4v) is 4.00. The van der Waals surface area contributed by atoms with Crippen LogP contribution in [0.1, 0.15) is 49.9 Å². The average Bonchev–Trinajstić information content (AvgIpc) is 3.29. The number of nitrogens with zero attached hydrogens (tertiary/aromatic N) is 3. The first kappa shape index (κ1) is 23.6. The molecule has 0 saturated carbocycles. The van der Waals surface area contributed by atoms with Gasteiger partial charge in [0.05, 0.1) is 29.2 Å². The van der Waals surface area contributed by atoms with Gasteiger partial charge in [0.2, 0.25) is 0 Å². The van der Waals surface area contributed by atoms with Crippen molar-refractivity contribution in [2.45, 2.75) is 47.8 Å². The molecule has 0 radical (unpaired) electrons. The summed E-state index contributed by atoms with van der Waals surface area (Å²) in [5, 5.41) is 12.3. The van der Waals surface area contributed by atoms with Gasteiger partial charge in [0.15, 0.2) is 5.69 Å². The van der Waals surface area contributed by atoms with Crippen molar-refractivity contribution < 1.29 is 14.1 Å². The van der Waals surface area contributed by atoms with E-state index in [9.17, 15) is 4.79 Å². The molecule has 2 heterocycles. The van der Waals surface area contributed by atoms with Crippen LogP contribution in [0.25, 0.3) is 0 Å². The van der Waals surface area contributed by atoms with E-state index in [1.165, 1.54) is 0 Å². The van der Waals surface area contributed by atoms with E-state index in [-0.39, 0.29) is 18.2 Å². The van der Waals surface area contributed by atoms with Gasteiger partial charge in [-0.15, -0.1) is 0 Å². The maximum absolute atomic E-state index is 13.2. The molecule has 2 aromatic carbocycles. The molecule has 0 fully saturated rings. The van der Waals surface area contributed by atoms with E-state index in [0.717, 1.165) is 28.1 Å². The van der Waals surface area contributed by atoms with Crippen molar-refractivity contribution in [3.63, 3.8) is 0 Å². The number of aromatic nitrogens is 3. The number of anilines is 1. The zero-order valence-electron chi connectivity index (χ0n) is 19.9. The predicted octanol–water partition coefficient (Wildman–Crippen LogP) is 5.95. The highest BCUT2D eigenvalue weighted by atomic mass is 35.5. The molecule has 34 heavy (non-hydrogen) atoms. The van der Waals surface area contributed by atoms with Gasteiger partial charge in [0.1, 0.15) is 18.1 Å². The number of rotatable bonds is 7. The van der Waals surface area contributed by atoms with Gasteiger partial charge in [-0.2, -0.15) is 5.10 Å². The molecule has 4 rings (SSSR count). The highest BCUT2D eigenvalue weighted by molar-refractivity contribution is 6.30. The van der Waals surface area contributed by atoms with Crippen molar-refractivity contribution in [2.75, 3.05) is 5.32 Å². The van der Waals surface area contributed by atoms with Gasteiger partial charge in [-0.1, -0.05) is 47.1 Å². The van der Waals surface area contributed by atoms with Crippen molar-refractivity contribution in [1.82, 2.24) is 14.9 Å². The SMILES string of the molecule is Cc1cccc(C)c1OCc1c(C(=O)Nc2c(C)nn(Cc3ccc(Cl)cc3)c2C)noc1C. The molecule has 0 spiro atoms. The van der Waals surface area contributed by atoms with E-state index in [1.54, 1.807) is 6.92 Å². The summed E-state index contributed by atoms with van der Waals surface area (Å²) in [4.78, 5) is 13.2. The monoisotopic (exact) mass is 478 g/mol. The van der Waals surface area contributed by atoms with Gasteiger partial charge in [0, 0.05) is 5.02 Å². The van der Waals surface area contributed by atoms with Crippen molar-refractivity contribution in [3.8, 4) is 5.75 Å². The molecular formula is C26H27ClN4O3. The normalized spacial score (nSPS) is 11.0. The minimum absolute atomic E-state index is 0.178. The summed E-state index contributed by atoms with van der Waals surface area (Å²) in [7, 11) is 0. The van der Waals surface area contributed by atoms with Gasteiger partial charge < -0.3 is 14.6 Å². The van der Waals surface area contributed by atoms with E-state index >= 15 is 0 Å². The second-order valence-electron chi connectivity index (χ2n) is 8.36. The number of hydrogen-bond acceptors (Lipinski definition) is 5. The predicted molar refractivity (Wildman–Crippen MR) is 132 cm³/mol. The molecule has 176 valence electrons. The highest BCUT2D eigenvalue weighted by Gasteiger charge is 2.23. The summed E-state index contributed by atoms with van der Waals surface area (Å²) in [6.45, 7) is 10.3. The molecule has 8 heteroatoms. The smallest absolute Gasteiger partial charge is 0.278 e. The van der Waals surface area contributed by atoms with Gasteiger partial charge in [0.25, 0.3) is 5.91 Å². The molecule has 0 bridgehead atoms. The molecule has 0 aliphatic carbocycles. The Labute approximate surface area is 203 Å². The van der Waals surface area contributed by atoms with Crippen molar-refractivity contribution in [1.29, 1.82) is 0 Å². The maximum Gasteiger partial charge on any atom is 0.278 e. The molecule has 2 aromatic heterocycles. The third-order valence-corrected chi connectivity index (χ3v) is 6.09. The van der Waals surface area contributed by atoms with Gasteiger partial charge in [-0.25, -0.2) is 0 Å². The number of para-hydroxylation sites is 1. The molecule has 1 amide bonds. The van der Waals surface area contributed by atoms with Crippen LogP contribution in [0.4, 0.5) is 5.69 Å². The lowest BCUT2D eigenvalue weighted by molar-refractivity contribution is 0.101. The fourth-order valence-electron chi connectivity index (χ4n) is 3.88. The Morgan fingerprint density at radius 2 is 1.74 bits per heavy atom. The molecular weight excluding hydrogens is 452 g/mol. The average molecular weight is 479 g/mol. The number of ether oxygens (including phenoxy) is 1. The first-order chi connectivity index (χ1) is 16.2. The van der Waals surface area contributed by atoms with Crippen molar-refractivity contribution >= 4 is 23.2 Å². The summed E-state index contributed by atoms with van der Waals surface area (Å²) >= 11 is 5.99. The van der Waals surface area contributed by atoms with Crippen LogP contribution in [-0.4, -0.2) is 20.8 Å². The van der Waals surface area contributed by atoms with Crippen LogP contribution in [0.2, 0.25) is 5.02 Å². The maximum atomic E-state index is 13.2. The highest BCUT2D eigenvalue weighted by Crippen LogP contribution is 2.26. The molecule has 0 saturated heterocycles. The second-order valence-corrected chi connectivity index (χ2v) is 8.80. The number of halogens is 1. The quantitative estimate of drug-likeness (QED) is 0.355. The molecule has 0 unspecified atom stereocenters. The van der Waals surface area contributed by atoms with Crippen molar-refractivity contribution in [2.24, 2.45) is 0 Å². The van der Waals surface area contributed by atoms with E-state index in [0.29, 0.717) is 34.3 Å². The minimum atomic E-state index is -0.366. The number of carbonyl (C=O) groups is 1. The summed E-state index contributed by atoms with van der Waals surface area (Å²) in [6, 6.07) is 13.6. The summed E-state index contributed by atoms with van der Waals surface area (Å²) in [5.41, 5.74) is 6.14. The molecule has 0 atom stereocenters. The Hall–Kier alpha value is -3.58. The number of carbonyl (C=O) groups excluding carboxylic acids is 1. The number of benzene rings is 2. The van der Waals surface area contributed by atoms with Crippen molar-refractivity contribution in [3.05, 3.63) is 92.6 Å². The lowest BCUT2D eigenvalue weighted by atomic mass is 10.1. The Morgan fingerprint density at radius 1 is 1.06 bits per heavy atom. The molecule has 4 aromatic rings. The number of aryl methyl sites for hydroxylation is 4. The third-order valence-electron chi connectivity index (χ3n) is 5.83. The Bertz CT molecular complexity index is 1320. The van der Waals surface area contributed by atoms with Crippen LogP contribution in [0.3, 0.4) is 0 Å². The van der Waals surface area contributed by atoms with E-state index < -0.39 is 0 Å². The number of nitrogens with one attached hydrogen (secondary N) is 1. The van der Waals surface area contributed by atoms with Gasteiger partial charge >= 0.3 is 0 Å². The van der Waals surface area contributed by atoms with Crippen LogP contribution in [-0.2, 0) is 13.2 Å². The largest absolute Gasteiger partial charge is 0.488 e. The first-order valence-electron chi connectivity index (χ1n) is 11.0. The lowest BCUT2D eigenvalue weighted by Gasteiger charge is -2.12. The zero-order valence-corrected chi connectivity index (χ0v) is 20.7. The zero-order chi connectivity index (χ0) is 24.4. The molecule has 1 N–H and O–H groups in total. The van der Waals surface area contributed by atoms with Gasteiger partial charge in [-0.05, 0) is 63.4 Å². The van der Waals surface area contributed by atoms with Crippen LogP contribution < -0.4 is 10.1 Å². The van der Waals surface area contributed by atoms with Crippen LogP contribution >= 0.6 is 11.6 Å². The van der Waals surface area contributed by atoms with E-state index in [4.69, 9.17) is 20.9 Å².